The van der Waals surface area contributed by atoms with E-state index in [2.05, 4.69) is 23.8 Å². The van der Waals surface area contributed by atoms with Gasteiger partial charge in [0.2, 0.25) is 0 Å². The number of nitrogens with zero attached hydrogens (tertiary/aromatic N) is 1. The molecule has 0 bridgehead atoms. The number of nitrogen functional groups attached to an aromatic ring is 1. The minimum Gasteiger partial charge on any atom is -0.383 e. The third-order valence-electron chi connectivity index (χ3n) is 4.31. The molecule has 0 atom stereocenters. The molecule has 4 heteroatoms. The minimum absolute atomic E-state index is 0.0673. The molecule has 1 aliphatic rings. The van der Waals surface area contributed by atoms with E-state index in [0.29, 0.717) is 22.7 Å². The molecule has 4 nitrogen and oxygen atoms in total. The van der Waals surface area contributed by atoms with E-state index in [9.17, 15) is 4.79 Å². The van der Waals surface area contributed by atoms with Crippen molar-refractivity contribution in [1.82, 2.24) is 9.97 Å². The molecule has 0 saturated heterocycles. The second-order valence-electron chi connectivity index (χ2n) is 6.84. The van der Waals surface area contributed by atoms with Gasteiger partial charge in [0.05, 0.1) is 5.56 Å². The van der Waals surface area contributed by atoms with E-state index in [0.717, 1.165) is 18.7 Å². The maximum Gasteiger partial charge on any atom is 0.256 e. The normalized spacial score (nSPS) is 19.8. The van der Waals surface area contributed by atoms with E-state index in [1.807, 2.05) is 13.8 Å². The Kier molecular flexibility index (Phi) is 3.70. The Balaban J connectivity index is 2.26. The van der Waals surface area contributed by atoms with Crippen LogP contribution in [0.15, 0.2) is 4.79 Å². The molecule has 3 N–H and O–H groups in total. The number of aromatic amines is 1. The van der Waals surface area contributed by atoms with Crippen molar-refractivity contribution >= 4 is 5.82 Å². The highest BCUT2D eigenvalue weighted by Gasteiger charge is 2.29. The largest absolute Gasteiger partial charge is 0.383 e. The summed E-state index contributed by atoms with van der Waals surface area (Å²) >= 11 is 0. The fourth-order valence-electron chi connectivity index (χ4n) is 2.94. The van der Waals surface area contributed by atoms with Crippen molar-refractivity contribution in [3.05, 3.63) is 21.7 Å². The maximum absolute atomic E-state index is 12.1. The SMILES string of the molecule is CC(C)c1c(N)nc(C2CCC(C)(C)CC2)[nH]c1=O. The lowest BCUT2D eigenvalue weighted by Crippen LogP contribution is -2.26. The molecule has 0 aromatic carbocycles. The van der Waals surface area contributed by atoms with E-state index in [4.69, 9.17) is 5.73 Å². The minimum atomic E-state index is -0.0673. The first kappa shape index (κ1) is 14.1. The van der Waals surface area contributed by atoms with Crippen molar-refractivity contribution in [3.63, 3.8) is 0 Å². The predicted molar refractivity (Wildman–Crippen MR) is 78.3 cm³/mol. The van der Waals surface area contributed by atoms with Crippen molar-refractivity contribution in [2.24, 2.45) is 5.41 Å². The lowest BCUT2D eigenvalue weighted by atomic mass is 9.73. The first-order chi connectivity index (χ1) is 8.80. The highest BCUT2D eigenvalue weighted by atomic mass is 16.1. The summed E-state index contributed by atoms with van der Waals surface area (Å²) in [5, 5.41) is 0. The van der Waals surface area contributed by atoms with E-state index in [1.165, 1.54) is 12.8 Å². The number of hydrogen-bond acceptors (Lipinski definition) is 3. The highest BCUT2D eigenvalue weighted by molar-refractivity contribution is 5.40. The van der Waals surface area contributed by atoms with Crippen LogP contribution in [0.1, 0.15) is 76.6 Å². The average Bonchev–Trinajstić information content (AvgIpc) is 2.27. The first-order valence-electron chi connectivity index (χ1n) is 7.20. The fourth-order valence-corrected chi connectivity index (χ4v) is 2.94. The van der Waals surface area contributed by atoms with Gasteiger partial charge in [0.15, 0.2) is 0 Å². The van der Waals surface area contributed by atoms with E-state index >= 15 is 0 Å². The Morgan fingerprint density at radius 3 is 2.37 bits per heavy atom. The van der Waals surface area contributed by atoms with E-state index in [-0.39, 0.29) is 11.5 Å². The molecule has 1 aromatic heterocycles. The number of nitrogens with one attached hydrogen (secondary N) is 1. The molecule has 0 unspecified atom stereocenters. The van der Waals surface area contributed by atoms with Gasteiger partial charge in [-0.25, -0.2) is 4.98 Å². The quantitative estimate of drug-likeness (QED) is 0.861. The third kappa shape index (κ3) is 2.99. The summed E-state index contributed by atoms with van der Waals surface area (Å²) in [5.41, 5.74) is 6.91. The fraction of sp³-hybridized carbons (Fsp3) is 0.733. The van der Waals surface area contributed by atoms with Crippen molar-refractivity contribution in [3.8, 4) is 0 Å². The summed E-state index contributed by atoms with van der Waals surface area (Å²) in [6.45, 7) is 8.53. The van der Waals surface area contributed by atoms with Crippen LogP contribution in [0, 0.1) is 5.41 Å². The van der Waals surface area contributed by atoms with Gasteiger partial charge in [0, 0.05) is 5.92 Å². The van der Waals surface area contributed by atoms with Gasteiger partial charge >= 0.3 is 0 Å². The number of rotatable bonds is 2. The Hall–Kier alpha value is -1.32. The van der Waals surface area contributed by atoms with Crippen molar-refractivity contribution < 1.29 is 0 Å². The number of H-pyrrole nitrogens is 1. The summed E-state index contributed by atoms with van der Waals surface area (Å²) in [6, 6.07) is 0. The van der Waals surface area contributed by atoms with Gasteiger partial charge in [-0.05, 0) is 37.0 Å². The van der Waals surface area contributed by atoms with Crippen molar-refractivity contribution in [2.45, 2.75) is 65.2 Å². The van der Waals surface area contributed by atoms with Crippen molar-refractivity contribution in [1.29, 1.82) is 0 Å². The highest BCUT2D eigenvalue weighted by Crippen LogP contribution is 2.41. The Morgan fingerprint density at radius 1 is 1.32 bits per heavy atom. The van der Waals surface area contributed by atoms with Crippen molar-refractivity contribution in [2.75, 3.05) is 5.73 Å². The molecule has 0 aliphatic heterocycles. The molecule has 0 spiro atoms. The topological polar surface area (TPSA) is 71.8 Å². The summed E-state index contributed by atoms with van der Waals surface area (Å²) in [7, 11) is 0. The molecule has 1 fully saturated rings. The van der Waals surface area contributed by atoms with Crippen LogP contribution in [0.5, 0.6) is 0 Å². The summed E-state index contributed by atoms with van der Waals surface area (Å²) in [5.74, 6) is 1.64. The third-order valence-corrected chi connectivity index (χ3v) is 4.31. The molecule has 1 heterocycles. The average molecular weight is 263 g/mol. The second kappa shape index (κ2) is 4.99. The molecule has 19 heavy (non-hydrogen) atoms. The smallest absolute Gasteiger partial charge is 0.256 e. The number of hydrogen-bond donors (Lipinski definition) is 2. The molecule has 0 amide bonds. The van der Waals surface area contributed by atoms with Gasteiger partial charge in [0.1, 0.15) is 11.6 Å². The Bertz CT molecular complexity index is 507. The number of aromatic nitrogens is 2. The molecule has 106 valence electrons. The first-order valence-corrected chi connectivity index (χ1v) is 7.20. The van der Waals surface area contributed by atoms with Gasteiger partial charge in [-0.2, -0.15) is 0 Å². The zero-order valence-corrected chi connectivity index (χ0v) is 12.4. The lowest BCUT2D eigenvalue weighted by Gasteiger charge is -2.33. The van der Waals surface area contributed by atoms with Crippen LogP contribution in [0.2, 0.25) is 0 Å². The van der Waals surface area contributed by atoms with Gasteiger partial charge in [-0.1, -0.05) is 27.7 Å². The van der Waals surface area contributed by atoms with Crippen LogP contribution in [0.3, 0.4) is 0 Å². The molecule has 1 saturated carbocycles. The molecule has 2 rings (SSSR count). The van der Waals surface area contributed by atoms with Crippen LogP contribution in [-0.2, 0) is 0 Å². The molecule has 1 aromatic rings. The summed E-state index contributed by atoms with van der Waals surface area (Å²) in [4.78, 5) is 19.5. The second-order valence-corrected chi connectivity index (χ2v) is 6.84. The summed E-state index contributed by atoms with van der Waals surface area (Å²) < 4.78 is 0. The molecular formula is C15H25N3O. The lowest BCUT2D eigenvalue weighted by molar-refractivity contribution is 0.220. The number of anilines is 1. The monoisotopic (exact) mass is 263 g/mol. The standard InChI is InChI=1S/C15H25N3O/c1-9(2)11-12(16)17-13(18-14(11)19)10-5-7-15(3,4)8-6-10/h9-10H,5-8H2,1-4H3,(H3,16,17,18,19). The van der Waals surface area contributed by atoms with Crippen LogP contribution in [-0.4, -0.2) is 9.97 Å². The number of nitrogens with two attached hydrogens (primary N) is 1. The van der Waals surface area contributed by atoms with Gasteiger partial charge < -0.3 is 10.7 Å². The Labute approximate surface area is 114 Å². The van der Waals surface area contributed by atoms with E-state index in [1.54, 1.807) is 0 Å². The van der Waals surface area contributed by atoms with E-state index < -0.39 is 0 Å². The van der Waals surface area contributed by atoms with Crippen LogP contribution >= 0.6 is 0 Å². The summed E-state index contributed by atoms with van der Waals surface area (Å²) in [6.07, 6.45) is 4.51. The maximum atomic E-state index is 12.1. The molecular weight excluding hydrogens is 238 g/mol. The molecule has 0 radical (unpaired) electrons. The van der Waals surface area contributed by atoms with Gasteiger partial charge in [-0.15, -0.1) is 0 Å². The zero-order valence-electron chi connectivity index (χ0n) is 12.4. The zero-order chi connectivity index (χ0) is 14.2. The van der Waals surface area contributed by atoms with Gasteiger partial charge in [-0.3, -0.25) is 4.79 Å². The van der Waals surface area contributed by atoms with Gasteiger partial charge in [0.25, 0.3) is 5.56 Å². The Morgan fingerprint density at radius 2 is 1.89 bits per heavy atom. The van der Waals surface area contributed by atoms with Crippen LogP contribution in [0.4, 0.5) is 5.82 Å². The molecule has 1 aliphatic carbocycles. The van der Waals surface area contributed by atoms with Crippen LogP contribution < -0.4 is 11.3 Å². The predicted octanol–water partition coefficient (Wildman–Crippen LogP) is 3.16. The van der Waals surface area contributed by atoms with Crippen LogP contribution in [0.25, 0.3) is 0 Å².